The normalized spacial score (nSPS) is 14.0. The van der Waals surface area contributed by atoms with E-state index in [0.717, 1.165) is 88.9 Å². The topological polar surface area (TPSA) is 52.6 Å². The fourth-order valence-corrected chi connectivity index (χ4v) is 7.88. The van der Waals surface area contributed by atoms with Crippen LogP contribution in [0.4, 0.5) is 0 Å². The van der Waals surface area contributed by atoms with Crippen LogP contribution in [0.2, 0.25) is 0 Å². The maximum absolute atomic E-state index is 13.0. The van der Waals surface area contributed by atoms with Crippen molar-refractivity contribution in [2.45, 2.75) is 247 Å². The molecule has 0 heterocycles. The van der Waals surface area contributed by atoms with E-state index in [2.05, 4.69) is 41.5 Å². The van der Waals surface area contributed by atoms with Crippen molar-refractivity contribution in [3.05, 3.63) is 0 Å². The summed E-state index contributed by atoms with van der Waals surface area (Å²) in [4.78, 5) is 26.1. The smallest absolute Gasteiger partial charge is 0.308 e. The van der Waals surface area contributed by atoms with E-state index in [0.29, 0.717) is 13.2 Å². The third kappa shape index (κ3) is 28.5. The number of ether oxygens (including phenoxy) is 2. The minimum atomic E-state index is 0.0689. The molecule has 0 radical (unpaired) electrons. The molecule has 0 spiro atoms. The Morgan fingerprint density at radius 3 is 0.900 bits per heavy atom. The van der Waals surface area contributed by atoms with Crippen molar-refractivity contribution in [1.82, 2.24) is 0 Å². The van der Waals surface area contributed by atoms with Crippen LogP contribution in [0.3, 0.4) is 0 Å². The minimum absolute atomic E-state index is 0.0689. The highest BCUT2D eigenvalue weighted by molar-refractivity contribution is 5.72. The molecule has 0 amide bonds. The summed E-state index contributed by atoms with van der Waals surface area (Å²) in [5, 5.41) is 0. The van der Waals surface area contributed by atoms with Crippen molar-refractivity contribution in [1.29, 1.82) is 0 Å². The van der Waals surface area contributed by atoms with Gasteiger partial charge in [0, 0.05) is 0 Å². The van der Waals surface area contributed by atoms with Gasteiger partial charge in [-0.05, 0) is 63.2 Å². The second-order valence-electron chi connectivity index (χ2n) is 15.9. The molecule has 0 N–H and O–H groups in total. The van der Waals surface area contributed by atoms with Crippen LogP contribution in [0, 0.1) is 23.7 Å². The molecule has 0 aromatic rings. The molecular weight excluding hydrogens is 617 g/mol. The number of carbonyl (C=O) groups excluding carboxylic acids is 2. The van der Waals surface area contributed by atoms with E-state index in [9.17, 15) is 9.59 Å². The van der Waals surface area contributed by atoms with Crippen LogP contribution in [0.1, 0.15) is 247 Å². The second kappa shape index (κ2) is 37.7. The molecule has 0 saturated heterocycles. The summed E-state index contributed by atoms with van der Waals surface area (Å²) < 4.78 is 11.8. The Morgan fingerprint density at radius 2 is 0.600 bits per heavy atom. The lowest BCUT2D eigenvalue weighted by Crippen LogP contribution is -2.19. The van der Waals surface area contributed by atoms with Crippen LogP contribution in [0.15, 0.2) is 0 Å². The Bertz CT molecular complexity index is 661. The van der Waals surface area contributed by atoms with E-state index in [1.165, 1.54) is 128 Å². The number of rotatable bonds is 39. The molecule has 298 valence electrons. The zero-order valence-electron chi connectivity index (χ0n) is 35.0. The first kappa shape index (κ1) is 48.9. The van der Waals surface area contributed by atoms with Gasteiger partial charge in [0.15, 0.2) is 0 Å². The maximum atomic E-state index is 13.0. The van der Waals surface area contributed by atoms with Gasteiger partial charge in [-0.1, -0.05) is 196 Å². The predicted molar refractivity (Wildman–Crippen MR) is 218 cm³/mol. The lowest BCUT2D eigenvalue weighted by molar-refractivity contribution is -0.150. The lowest BCUT2D eigenvalue weighted by Gasteiger charge is -2.25. The molecule has 0 aromatic carbocycles. The van der Waals surface area contributed by atoms with Crippen molar-refractivity contribution >= 4 is 11.9 Å². The van der Waals surface area contributed by atoms with Crippen molar-refractivity contribution in [3.8, 4) is 0 Å². The predicted octanol–water partition coefficient (Wildman–Crippen LogP) is 15.1. The fourth-order valence-electron chi connectivity index (χ4n) is 7.88. The van der Waals surface area contributed by atoms with E-state index < -0.39 is 0 Å². The van der Waals surface area contributed by atoms with Crippen molar-refractivity contribution < 1.29 is 19.1 Å². The average Bonchev–Trinajstić information content (AvgIpc) is 3.12. The molecule has 4 atom stereocenters. The summed E-state index contributed by atoms with van der Waals surface area (Å²) >= 11 is 0. The van der Waals surface area contributed by atoms with Gasteiger partial charge in [0.2, 0.25) is 0 Å². The van der Waals surface area contributed by atoms with Crippen LogP contribution < -0.4 is 0 Å². The monoisotopic (exact) mass is 707 g/mol. The number of hydrogen-bond donors (Lipinski definition) is 0. The van der Waals surface area contributed by atoms with Gasteiger partial charge in [-0.2, -0.15) is 0 Å². The summed E-state index contributed by atoms with van der Waals surface area (Å²) in [7, 11) is 0. The van der Waals surface area contributed by atoms with Gasteiger partial charge in [-0.3, -0.25) is 9.59 Å². The number of esters is 2. The van der Waals surface area contributed by atoms with Crippen molar-refractivity contribution in [2.75, 3.05) is 13.2 Å². The molecule has 0 aliphatic carbocycles. The summed E-state index contributed by atoms with van der Waals surface area (Å²) in [6.45, 7) is 14.9. The van der Waals surface area contributed by atoms with Crippen LogP contribution in [0.25, 0.3) is 0 Å². The van der Waals surface area contributed by atoms with Gasteiger partial charge in [0.25, 0.3) is 0 Å². The summed E-state index contributed by atoms with van der Waals surface area (Å²) in [5.74, 6) is 1.78. The summed E-state index contributed by atoms with van der Waals surface area (Å²) in [6.07, 6.45) is 38.2. The molecule has 0 fully saturated rings. The van der Waals surface area contributed by atoms with E-state index in [-0.39, 0.29) is 23.8 Å². The summed E-state index contributed by atoms with van der Waals surface area (Å²) in [5.41, 5.74) is 0. The zero-order valence-corrected chi connectivity index (χ0v) is 35.0. The fraction of sp³-hybridized carbons (Fsp3) is 0.957. The molecule has 0 bridgehead atoms. The van der Waals surface area contributed by atoms with Crippen molar-refractivity contribution in [2.24, 2.45) is 23.7 Å². The highest BCUT2D eigenvalue weighted by atomic mass is 16.5. The number of carbonyl (C=O) groups is 2. The van der Waals surface area contributed by atoms with Gasteiger partial charge in [0.1, 0.15) is 0 Å². The first-order valence-electron chi connectivity index (χ1n) is 22.8. The Labute approximate surface area is 314 Å². The maximum Gasteiger partial charge on any atom is 0.308 e. The molecule has 0 rings (SSSR count). The van der Waals surface area contributed by atoms with Gasteiger partial charge in [-0.15, -0.1) is 0 Å². The molecule has 4 nitrogen and oxygen atoms in total. The van der Waals surface area contributed by atoms with E-state index >= 15 is 0 Å². The molecule has 4 heteroatoms. The van der Waals surface area contributed by atoms with E-state index in [1.54, 1.807) is 0 Å². The lowest BCUT2D eigenvalue weighted by atomic mass is 9.81. The standard InChI is InChI=1S/C46H90O4/c1-7-13-17-21-23-27-37-43(35-25-19-15-9-3)45(47)49-39-31-29-33-41(11-5)42(12-6)34-30-32-40-50-46(48)44(36-26-20-16-10-4)38-28-24-22-18-14-8-2/h41-44H,7-40H2,1-6H3. The number of unbranched alkanes of at least 4 members (excludes halogenated alkanes) is 18. The number of hydrogen-bond acceptors (Lipinski definition) is 4. The first-order valence-corrected chi connectivity index (χ1v) is 22.8. The van der Waals surface area contributed by atoms with Crippen LogP contribution >= 0.6 is 0 Å². The quantitative estimate of drug-likeness (QED) is 0.0472. The highest BCUT2D eigenvalue weighted by Gasteiger charge is 2.22. The largest absolute Gasteiger partial charge is 0.465 e. The van der Waals surface area contributed by atoms with E-state index in [4.69, 9.17) is 9.47 Å². The third-order valence-electron chi connectivity index (χ3n) is 11.4. The van der Waals surface area contributed by atoms with Gasteiger partial charge >= 0.3 is 11.9 Å². The molecule has 0 aliphatic heterocycles. The Hall–Kier alpha value is -1.06. The van der Waals surface area contributed by atoms with E-state index in [1.807, 2.05) is 0 Å². The molecular formula is C46H90O4. The zero-order chi connectivity index (χ0) is 36.9. The van der Waals surface area contributed by atoms with Crippen LogP contribution in [-0.4, -0.2) is 25.2 Å². The highest BCUT2D eigenvalue weighted by Crippen LogP contribution is 2.30. The SMILES string of the molecule is CCCCCCCCC(CCCCCC)C(=O)OCCCCC(CC)C(CC)CCCCOC(=O)C(CCCCCC)CCCCCCCC. The molecule has 0 aliphatic rings. The molecule has 4 unspecified atom stereocenters. The molecule has 0 saturated carbocycles. The van der Waals surface area contributed by atoms with Gasteiger partial charge in [0.05, 0.1) is 25.0 Å². The summed E-state index contributed by atoms with van der Waals surface area (Å²) in [6, 6.07) is 0. The van der Waals surface area contributed by atoms with Crippen LogP contribution in [0.5, 0.6) is 0 Å². The third-order valence-corrected chi connectivity index (χ3v) is 11.4. The Balaban J connectivity index is 4.50. The minimum Gasteiger partial charge on any atom is -0.465 e. The van der Waals surface area contributed by atoms with Gasteiger partial charge in [-0.25, -0.2) is 0 Å². The molecule has 50 heavy (non-hydrogen) atoms. The average molecular weight is 707 g/mol. The second-order valence-corrected chi connectivity index (χ2v) is 15.9. The van der Waals surface area contributed by atoms with Crippen LogP contribution in [-0.2, 0) is 19.1 Å². The van der Waals surface area contributed by atoms with Crippen molar-refractivity contribution in [3.63, 3.8) is 0 Å². The first-order chi connectivity index (χ1) is 24.5. The Kier molecular flexibility index (Phi) is 36.9. The Morgan fingerprint density at radius 1 is 0.340 bits per heavy atom. The molecule has 0 aromatic heterocycles. The van der Waals surface area contributed by atoms with Gasteiger partial charge < -0.3 is 9.47 Å².